The van der Waals surface area contributed by atoms with Crippen LogP contribution in [0.25, 0.3) is 0 Å². The van der Waals surface area contributed by atoms with Gasteiger partial charge in [-0.2, -0.15) is 0 Å². The van der Waals surface area contributed by atoms with Crippen molar-refractivity contribution < 1.29 is 9.53 Å². The highest BCUT2D eigenvalue weighted by Crippen LogP contribution is 2.31. The van der Waals surface area contributed by atoms with Crippen molar-refractivity contribution in [3.8, 4) is 0 Å². The van der Waals surface area contributed by atoms with Gasteiger partial charge in [-0.3, -0.25) is 4.79 Å². The first kappa shape index (κ1) is 11.9. The van der Waals surface area contributed by atoms with Gasteiger partial charge in [0, 0.05) is 12.0 Å². The molecular weight excluding hydrogens is 204 g/mol. The third kappa shape index (κ3) is 2.23. The molecule has 0 radical (unpaired) electrons. The van der Waals surface area contributed by atoms with E-state index in [0.29, 0.717) is 19.1 Å². The average Bonchev–Trinajstić information content (AvgIpc) is 2.30. The van der Waals surface area contributed by atoms with Gasteiger partial charge in [0.15, 0.2) is 0 Å². The van der Waals surface area contributed by atoms with Crippen molar-refractivity contribution in [1.82, 2.24) is 10.2 Å². The molecule has 4 nitrogen and oxygen atoms in total. The molecule has 0 aromatic carbocycles. The fraction of sp³-hybridized carbons (Fsp3) is 0.917. The number of hydrogen-bond donors (Lipinski definition) is 1. The number of amides is 1. The third-order valence-electron chi connectivity index (χ3n) is 3.85. The summed E-state index contributed by atoms with van der Waals surface area (Å²) in [5, 5.41) is 3.31. The summed E-state index contributed by atoms with van der Waals surface area (Å²) in [4.78, 5) is 14.5. The Balaban J connectivity index is 2.04. The lowest BCUT2D eigenvalue weighted by Crippen LogP contribution is -2.54. The predicted octanol–water partition coefficient (Wildman–Crippen LogP) is 0.623. The van der Waals surface area contributed by atoms with Gasteiger partial charge >= 0.3 is 0 Å². The van der Waals surface area contributed by atoms with Crippen LogP contribution < -0.4 is 5.32 Å². The van der Waals surface area contributed by atoms with Gasteiger partial charge in [-0.1, -0.05) is 6.92 Å². The second-order valence-electron chi connectivity index (χ2n) is 5.23. The van der Waals surface area contributed by atoms with Crippen molar-refractivity contribution in [2.45, 2.75) is 32.7 Å². The monoisotopic (exact) mass is 226 g/mol. The largest absolute Gasteiger partial charge is 0.377 e. The highest BCUT2D eigenvalue weighted by molar-refractivity contribution is 5.82. The Bertz CT molecular complexity index is 262. The lowest BCUT2D eigenvalue weighted by atomic mass is 9.79. The zero-order valence-corrected chi connectivity index (χ0v) is 10.3. The highest BCUT2D eigenvalue weighted by atomic mass is 16.5. The van der Waals surface area contributed by atoms with Crippen molar-refractivity contribution >= 4 is 5.91 Å². The Hall–Kier alpha value is -0.610. The SMILES string of the molecule is C[C@@H]1COCCN1C(=O)C1(C)CCNCC1. The molecule has 1 amide bonds. The van der Waals surface area contributed by atoms with Gasteiger partial charge in [-0.05, 0) is 32.9 Å². The first-order valence-electron chi connectivity index (χ1n) is 6.23. The standard InChI is InChI=1S/C12H22N2O2/c1-10-9-16-8-7-14(10)11(15)12(2)3-5-13-6-4-12/h10,13H,3-9H2,1-2H3/t10-/m1/s1. The van der Waals surface area contributed by atoms with Crippen LogP contribution in [0.5, 0.6) is 0 Å². The quantitative estimate of drug-likeness (QED) is 0.713. The summed E-state index contributed by atoms with van der Waals surface area (Å²) in [6.45, 7) is 8.22. The van der Waals surface area contributed by atoms with Gasteiger partial charge in [-0.15, -0.1) is 0 Å². The van der Waals surface area contributed by atoms with E-state index in [9.17, 15) is 4.79 Å². The van der Waals surface area contributed by atoms with Crippen LogP contribution in [0.4, 0.5) is 0 Å². The summed E-state index contributed by atoms with van der Waals surface area (Å²) in [5.74, 6) is 0.324. The van der Waals surface area contributed by atoms with Gasteiger partial charge in [0.25, 0.3) is 0 Å². The Kier molecular flexibility index (Phi) is 3.50. The molecule has 0 unspecified atom stereocenters. The van der Waals surface area contributed by atoms with E-state index in [1.54, 1.807) is 0 Å². The van der Waals surface area contributed by atoms with Crippen LogP contribution in [0.1, 0.15) is 26.7 Å². The molecule has 4 heteroatoms. The number of ether oxygens (including phenoxy) is 1. The van der Waals surface area contributed by atoms with Crippen LogP contribution in [-0.2, 0) is 9.53 Å². The minimum atomic E-state index is -0.156. The van der Waals surface area contributed by atoms with Gasteiger partial charge in [0.1, 0.15) is 0 Å². The second-order valence-corrected chi connectivity index (χ2v) is 5.23. The first-order valence-corrected chi connectivity index (χ1v) is 6.23. The van der Waals surface area contributed by atoms with Gasteiger partial charge < -0.3 is 15.0 Å². The van der Waals surface area contributed by atoms with E-state index < -0.39 is 0 Å². The molecular formula is C12H22N2O2. The van der Waals surface area contributed by atoms with Crippen LogP contribution in [-0.4, -0.2) is 49.7 Å². The normalized spacial score (nSPS) is 30.1. The summed E-state index contributed by atoms with van der Waals surface area (Å²) in [6.07, 6.45) is 1.91. The minimum absolute atomic E-state index is 0.156. The van der Waals surface area contributed by atoms with E-state index in [1.165, 1.54) is 0 Å². The average molecular weight is 226 g/mol. The van der Waals surface area contributed by atoms with Crippen molar-refractivity contribution in [2.75, 3.05) is 32.8 Å². The zero-order valence-electron chi connectivity index (χ0n) is 10.3. The maximum Gasteiger partial charge on any atom is 0.229 e. The van der Waals surface area contributed by atoms with Crippen molar-refractivity contribution in [3.05, 3.63) is 0 Å². The first-order chi connectivity index (χ1) is 7.63. The predicted molar refractivity (Wildman–Crippen MR) is 62.2 cm³/mol. The maximum atomic E-state index is 12.5. The molecule has 2 aliphatic rings. The summed E-state index contributed by atoms with van der Waals surface area (Å²) in [5.41, 5.74) is -0.156. The molecule has 2 saturated heterocycles. The Morgan fingerprint density at radius 1 is 1.44 bits per heavy atom. The summed E-state index contributed by atoms with van der Waals surface area (Å²) >= 11 is 0. The summed E-state index contributed by atoms with van der Waals surface area (Å²) in [7, 11) is 0. The maximum absolute atomic E-state index is 12.5. The van der Waals surface area contributed by atoms with Crippen molar-refractivity contribution in [2.24, 2.45) is 5.41 Å². The van der Waals surface area contributed by atoms with Crippen LogP contribution in [0.15, 0.2) is 0 Å². The molecule has 2 rings (SSSR count). The molecule has 2 heterocycles. The number of carbonyl (C=O) groups excluding carboxylic acids is 1. The molecule has 0 aromatic rings. The number of piperidine rings is 1. The van der Waals surface area contributed by atoms with E-state index >= 15 is 0 Å². The van der Waals surface area contributed by atoms with Gasteiger partial charge in [0.05, 0.1) is 19.3 Å². The molecule has 0 spiro atoms. The summed E-state index contributed by atoms with van der Waals surface area (Å²) < 4.78 is 5.38. The lowest BCUT2D eigenvalue weighted by molar-refractivity contribution is -0.150. The number of morpholine rings is 1. The lowest BCUT2D eigenvalue weighted by Gasteiger charge is -2.41. The molecule has 0 aromatic heterocycles. The zero-order chi connectivity index (χ0) is 11.6. The fourth-order valence-corrected chi connectivity index (χ4v) is 2.57. The number of nitrogens with zero attached hydrogens (tertiary/aromatic N) is 1. The smallest absolute Gasteiger partial charge is 0.229 e. The second kappa shape index (κ2) is 4.72. The molecule has 1 atom stereocenters. The van der Waals surface area contributed by atoms with E-state index in [0.717, 1.165) is 32.5 Å². The molecule has 92 valence electrons. The van der Waals surface area contributed by atoms with Crippen LogP contribution in [0, 0.1) is 5.41 Å². The highest BCUT2D eigenvalue weighted by Gasteiger charge is 2.39. The molecule has 16 heavy (non-hydrogen) atoms. The number of rotatable bonds is 1. The van der Waals surface area contributed by atoms with Crippen LogP contribution >= 0.6 is 0 Å². The molecule has 0 bridgehead atoms. The summed E-state index contributed by atoms with van der Waals surface area (Å²) in [6, 6.07) is 0.230. The molecule has 2 fully saturated rings. The molecule has 0 aliphatic carbocycles. The van der Waals surface area contributed by atoms with Gasteiger partial charge in [-0.25, -0.2) is 0 Å². The molecule has 2 aliphatic heterocycles. The minimum Gasteiger partial charge on any atom is -0.377 e. The van der Waals surface area contributed by atoms with E-state index in [-0.39, 0.29) is 11.5 Å². The molecule has 0 saturated carbocycles. The van der Waals surface area contributed by atoms with Gasteiger partial charge in [0.2, 0.25) is 5.91 Å². The van der Waals surface area contributed by atoms with E-state index in [4.69, 9.17) is 4.74 Å². The Morgan fingerprint density at radius 3 is 2.75 bits per heavy atom. The Morgan fingerprint density at radius 2 is 2.12 bits per heavy atom. The van der Waals surface area contributed by atoms with E-state index in [2.05, 4.69) is 19.2 Å². The van der Waals surface area contributed by atoms with Crippen LogP contribution in [0.2, 0.25) is 0 Å². The third-order valence-corrected chi connectivity index (χ3v) is 3.85. The number of hydrogen-bond acceptors (Lipinski definition) is 3. The fourth-order valence-electron chi connectivity index (χ4n) is 2.57. The van der Waals surface area contributed by atoms with Crippen molar-refractivity contribution in [1.29, 1.82) is 0 Å². The van der Waals surface area contributed by atoms with E-state index in [1.807, 2.05) is 4.90 Å². The van der Waals surface area contributed by atoms with Crippen molar-refractivity contribution in [3.63, 3.8) is 0 Å². The van der Waals surface area contributed by atoms with Crippen LogP contribution in [0.3, 0.4) is 0 Å². The number of carbonyl (C=O) groups is 1. The Labute approximate surface area is 97.3 Å². The molecule has 1 N–H and O–H groups in total. The topological polar surface area (TPSA) is 41.6 Å². The number of nitrogens with one attached hydrogen (secondary N) is 1.